The van der Waals surface area contributed by atoms with Crippen molar-refractivity contribution in [1.82, 2.24) is 9.47 Å². The van der Waals surface area contributed by atoms with Gasteiger partial charge < -0.3 is 14.2 Å². The van der Waals surface area contributed by atoms with E-state index in [0.29, 0.717) is 30.3 Å². The number of amides is 2. The highest BCUT2D eigenvalue weighted by Gasteiger charge is 2.16. The molecule has 0 atom stereocenters. The molecule has 29 heavy (non-hydrogen) atoms. The van der Waals surface area contributed by atoms with Crippen LogP contribution >= 0.6 is 23.1 Å². The number of halogens is 1. The number of ether oxygens (including phenoxy) is 1. The Bertz CT molecular complexity index is 919. The van der Waals surface area contributed by atoms with Gasteiger partial charge in [-0.2, -0.15) is 4.99 Å². The van der Waals surface area contributed by atoms with Gasteiger partial charge in [0.1, 0.15) is 5.82 Å². The van der Waals surface area contributed by atoms with Crippen LogP contribution in [0.1, 0.15) is 26.2 Å². The highest BCUT2D eigenvalue weighted by Crippen LogP contribution is 2.19. The summed E-state index contributed by atoms with van der Waals surface area (Å²) < 4.78 is 21.6. The SMILES string of the molecule is CCOCCn1c(=NC(=O)CSCC(=O)N2CCCCC2)sc2cc(F)ccc21. The summed E-state index contributed by atoms with van der Waals surface area (Å²) in [5.41, 5.74) is 0.829. The van der Waals surface area contributed by atoms with E-state index in [1.54, 1.807) is 6.07 Å². The van der Waals surface area contributed by atoms with Crippen LogP contribution in [0.25, 0.3) is 10.2 Å². The van der Waals surface area contributed by atoms with Crippen LogP contribution in [0.2, 0.25) is 0 Å². The number of hydrogen-bond acceptors (Lipinski definition) is 5. The molecule has 0 N–H and O–H groups in total. The summed E-state index contributed by atoms with van der Waals surface area (Å²) in [6.45, 7) is 5.17. The third kappa shape index (κ3) is 6.13. The lowest BCUT2D eigenvalue weighted by Crippen LogP contribution is -2.36. The summed E-state index contributed by atoms with van der Waals surface area (Å²) >= 11 is 2.58. The zero-order valence-electron chi connectivity index (χ0n) is 16.6. The number of thioether (sulfide) groups is 1. The van der Waals surface area contributed by atoms with Crippen LogP contribution in [-0.4, -0.2) is 59.1 Å². The van der Waals surface area contributed by atoms with E-state index in [2.05, 4.69) is 4.99 Å². The highest BCUT2D eigenvalue weighted by atomic mass is 32.2. The molecule has 6 nitrogen and oxygen atoms in total. The minimum Gasteiger partial charge on any atom is -0.380 e. The standard InChI is InChI=1S/C20H26FN3O3S2/c1-2-27-11-10-24-16-7-6-15(21)12-17(16)29-20(24)22-18(25)13-28-14-19(26)23-8-4-3-5-9-23/h6-7,12H,2-5,8-11,13-14H2,1H3. The van der Waals surface area contributed by atoms with Gasteiger partial charge in [-0.1, -0.05) is 11.3 Å². The number of thiazole rings is 1. The van der Waals surface area contributed by atoms with E-state index in [9.17, 15) is 14.0 Å². The molecule has 158 valence electrons. The molecule has 1 aromatic carbocycles. The maximum absolute atomic E-state index is 13.6. The molecule has 1 aliphatic rings. The van der Waals surface area contributed by atoms with E-state index in [1.807, 2.05) is 16.4 Å². The molecule has 2 aromatic rings. The molecule has 1 fully saturated rings. The van der Waals surface area contributed by atoms with E-state index >= 15 is 0 Å². The molecule has 0 spiro atoms. The average Bonchev–Trinajstić information content (AvgIpc) is 3.04. The lowest BCUT2D eigenvalue weighted by molar-refractivity contribution is -0.129. The minimum atomic E-state index is -0.319. The number of piperidine rings is 1. The molecule has 0 radical (unpaired) electrons. The van der Waals surface area contributed by atoms with Gasteiger partial charge in [0, 0.05) is 26.2 Å². The maximum Gasteiger partial charge on any atom is 0.258 e. The molecular formula is C20H26FN3O3S2. The third-order valence-corrected chi connectivity index (χ3v) is 6.63. The Labute approximate surface area is 177 Å². The zero-order chi connectivity index (χ0) is 20.6. The summed E-state index contributed by atoms with van der Waals surface area (Å²) in [7, 11) is 0. The van der Waals surface area contributed by atoms with Crippen LogP contribution in [-0.2, 0) is 20.9 Å². The summed E-state index contributed by atoms with van der Waals surface area (Å²) in [4.78, 5) is 31.2. The van der Waals surface area contributed by atoms with E-state index in [4.69, 9.17) is 4.74 Å². The minimum absolute atomic E-state index is 0.0895. The van der Waals surface area contributed by atoms with Gasteiger partial charge in [0.2, 0.25) is 5.91 Å². The molecule has 0 saturated carbocycles. The van der Waals surface area contributed by atoms with Crippen LogP contribution < -0.4 is 4.80 Å². The largest absolute Gasteiger partial charge is 0.380 e. The number of hydrogen-bond donors (Lipinski definition) is 0. The lowest BCUT2D eigenvalue weighted by atomic mass is 10.1. The third-order valence-electron chi connectivity index (χ3n) is 4.69. The van der Waals surface area contributed by atoms with Gasteiger partial charge in [-0.15, -0.1) is 11.8 Å². The first-order valence-electron chi connectivity index (χ1n) is 9.88. The van der Waals surface area contributed by atoms with E-state index in [-0.39, 0.29) is 23.4 Å². The van der Waals surface area contributed by atoms with Crippen molar-refractivity contribution < 1.29 is 18.7 Å². The Morgan fingerprint density at radius 3 is 2.79 bits per heavy atom. The first-order valence-corrected chi connectivity index (χ1v) is 11.9. The normalized spacial score (nSPS) is 15.2. The number of likely N-dealkylation sites (tertiary alicyclic amines) is 1. The second-order valence-corrected chi connectivity index (χ2v) is 8.78. The van der Waals surface area contributed by atoms with Gasteiger partial charge in [0.05, 0.1) is 28.3 Å². The van der Waals surface area contributed by atoms with Gasteiger partial charge in [-0.25, -0.2) is 4.39 Å². The van der Waals surface area contributed by atoms with Gasteiger partial charge in [-0.3, -0.25) is 9.59 Å². The molecule has 2 amide bonds. The highest BCUT2D eigenvalue weighted by molar-refractivity contribution is 8.00. The van der Waals surface area contributed by atoms with Crippen molar-refractivity contribution in [2.24, 2.45) is 4.99 Å². The van der Waals surface area contributed by atoms with Crippen LogP contribution in [0.3, 0.4) is 0 Å². The summed E-state index contributed by atoms with van der Waals surface area (Å²) in [5, 5.41) is 0. The summed E-state index contributed by atoms with van der Waals surface area (Å²) in [6, 6.07) is 4.55. The van der Waals surface area contributed by atoms with Gasteiger partial charge >= 0.3 is 0 Å². The maximum atomic E-state index is 13.6. The van der Waals surface area contributed by atoms with Crippen molar-refractivity contribution in [1.29, 1.82) is 0 Å². The molecule has 9 heteroatoms. The molecule has 1 aromatic heterocycles. The van der Waals surface area contributed by atoms with Crippen LogP contribution in [0.5, 0.6) is 0 Å². The van der Waals surface area contributed by atoms with Crippen molar-refractivity contribution in [3.63, 3.8) is 0 Å². The lowest BCUT2D eigenvalue weighted by Gasteiger charge is -2.26. The van der Waals surface area contributed by atoms with Gasteiger partial charge in [0.15, 0.2) is 4.80 Å². The van der Waals surface area contributed by atoms with E-state index < -0.39 is 0 Å². The van der Waals surface area contributed by atoms with Crippen LogP contribution in [0.15, 0.2) is 23.2 Å². The zero-order valence-corrected chi connectivity index (χ0v) is 18.2. The quantitative estimate of drug-likeness (QED) is 0.593. The van der Waals surface area contributed by atoms with Crippen LogP contribution in [0.4, 0.5) is 4.39 Å². The molecular weight excluding hydrogens is 413 g/mol. The fourth-order valence-corrected chi connectivity index (χ4v) is 5.04. The number of carbonyl (C=O) groups is 2. The Kier molecular flexibility index (Phi) is 8.26. The molecule has 0 aliphatic carbocycles. The number of rotatable bonds is 8. The second kappa shape index (κ2) is 10.9. The van der Waals surface area contributed by atoms with Crippen LogP contribution in [0, 0.1) is 5.82 Å². The molecule has 0 bridgehead atoms. The Morgan fingerprint density at radius 1 is 1.24 bits per heavy atom. The molecule has 0 unspecified atom stereocenters. The second-order valence-electron chi connectivity index (χ2n) is 6.79. The number of nitrogens with zero attached hydrogens (tertiary/aromatic N) is 3. The van der Waals surface area contributed by atoms with Crippen molar-refractivity contribution in [2.45, 2.75) is 32.7 Å². The molecule has 3 rings (SSSR count). The Balaban J connectivity index is 1.66. The molecule has 2 heterocycles. The Morgan fingerprint density at radius 2 is 2.03 bits per heavy atom. The number of carbonyl (C=O) groups excluding carboxylic acids is 2. The summed E-state index contributed by atoms with van der Waals surface area (Å²) in [6.07, 6.45) is 3.29. The first kappa shape index (κ1) is 22.0. The predicted molar refractivity (Wildman–Crippen MR) is 115 cm³/mol. The van der Waals surface area contributed by atoms with Crippen molar-refractivity contribution in [3.8, 4) is 0 Å². The number of benzene rings is 1. The Hall–Kier alpha value is -1.71. The molecule has 1 saturated heterocycles. The smallest absolute Gasteiger partial charge is 0.258 e. The fraction of sp³-hybridized carbons (Fsp3) is 0.550. The monoisotopic (exact) mass is 439 g/mol. The average molecular weight is 440 g/mol. The van der Waals surface area contributed by atoms with Gasteiger partial charge in [-0.05, 0) is 44.4 Å². The summed E-state index contributed by atoms with van der Waals surface area (Å²) in [5.74, 6) is -0.0812. The van der Waals surface area contributed by atoms with Gasteiger partial charge in [0.25, 0.3) is 5.91 Å². The van der Waals surface area contributed by atoms with E-state index in [1.165, 1.54) is 41.7 Å². The van der Waals surface area contributed by atoms with E-state index in [0.717, 1.165) is 36.1 Å². The first-order chi connectivity index (χ1) is 14.1. The predicted octanol–water partition coefficient (Wildman–Crippen LogP) is 3.05. The number of aromatic nitrogens is 1. The van der Waals surface area contributed by atoms with Crippen molar-refractivity contribution in [2.75, 3.05) is 37.8 Å². The fourth-order valence-electron chi connectivity index (χ4n) is 3.25. The van der Waals surface area contributed by atoms with Crippen molar-refractivity contribution in [3.05, 3.63) is 28.8 Å². The number of fused-ring (bicyclic) bond motifs is 1. The topological polar surface area (TPSA) is 63.9 Å². The van der Waals surface area contributed by atoms with Crippen molar-refractivity contribution >= 4 is 45.1 Å². The molecule has 1 aliphatic heterocycles.